The van der Waals surface area contributed by atoms with Gasteiger partial charge in [0.15, 0.2) is 9.84 Å². The summed E-state index contributed by atoms with van der Waals surface area (Å²) in [6, 6.07) is 3.90. The van der Waals surface area contributed by atoms with Gasteiger partial charge < -0.3 is 9.32 Å². The number of hydrogen-bond acceptors (Lipinski definition) is 4. The zero-order valence-corrected chi connectivity index (χ0v) is 14.5. The first kappa shape index (κ1) is 16.6. The summed E-state index contributed by atoms with van der Waals surface area (Å²) in [4.78, 5) is 14.8. The van der Waals surface area contributed by atoms with Gasteiger partial charge in [0.2, 0.25) is 5.91 Å². The van der Waals surface area contributed by atoms with Gasteiger partial charge in [0.05, 0.1) is 23.5 Å². The number of carbonyl (C=O) groups excluding carboxylic acids is 1. The van der Waals surface area contributed by atoms with E-state index in [1.807, 2.05) is 24.0 Å². The molecule has 3 rings (SSSR count). The van der Waals surface area contributed by atoms with Gasteiger partial charge in [-0.2, -0.15) is 0 Å². The van der Waals surface area contributed by atoms with Gasteiger partial charge in [-0.05, 0) is 31.4 Å². The molecule has 1 amide bonds. The lowest BCUT2D eigenvalue weighted by atomic mass is 10.0. The summed E-state index contributed by atoms with van der Waals surface area (Å²) in [5, 5.41) is 0. The second kappa shape index (κ2) is 6.67. The van der Waals surface area contributed by atoms with E-state index >= 15 is 0 Å². The minimum atomic E-state index is -3.04. The summed E-state index contributed by atoms with van der Waals surface area (Å²) < 4.78 is 29.3. The SMILES string of the molecule is CCc1ccc(C2CCCCCN2C(=O)C2CCS(=O)(=O)C2)o1. The number of nitrogens with zero attached hydrogens (tertiary/aromatic N) is 1. The van der Waals surface area contributed by atoms with E-state index in [2.05, 4.69) is 0 Å². The topological polar surface area (TPSA) is 67.6 Å². The zero-order chi connectivity index (χ0) is 16.4. The van der Waals surface area contributed by atoms with Gasteiger partial charge in [0.1, 0.15) is 11.5 Å². The first-order valence-electron chi connectivity index (χ1n) is 8.59. The Balaban J connectivity index is 1.82. The standard InChI is InChI=1S/C17H25NO4S/c1-2-14-7-8-16(22-14)15-6-4-3-5-10-18(15)17(19)13-9-11-23(20,21)12-13/h7-8,13,15H,2-6,9-12H2,1H3. The number of likely N-dealkylation sites (tertiary alicyclic amines) is 1. The second-order valence-corrected chi connectivity index (χ2v) is 8.88. The van der Waals surface area contributed by atoms with E-state index in [9.17, 15) is 13.2 Å². The second-order valence-electron chi connectivity index (χ2n) is 6.65. The van der Waals surface area contributed by atoms with Gasteiger partial charge >= 0.3 is 0 Å². The van der Waals surface area contributed by atoms with Crippen molar-refractivity contribution in [3.8, 4) is 0 Å². The minimum absolute atomic E-state index is 0.00702. The van der Waals surface area contributed by atoms with E-state index in [0.29, 0.717) is 13.0 Å². The molecular weight excluding hydrogens is 314 g/mol. The summed E-state index contributed by atoms with van der Waals surface area (Å²) in [7, 11) is -3.04. The average Bonchev–Trinajstić information content (AvgIpc) is 3.06. The molecule has 6 heteroatoms. The molecule has 2 atom stereocenters. The van der Waals surface area contributed by atoms with Crippen LogP contribution in [0.1, 0.15) is 56.6 Å². The van der Waals surface area contributed by atoms with E-state index in [-0.39, 0.29) is 29.4 Å². The van der Waals surface area contributed by atoms with Crippen molar-refractivity contribution in [2.45, 2.75) is 51.5 Å². The van der Waals surface area contributed by atoms with Gasteiger partial charge in [-0.15, -0.1) is 0 Å². The number of amides is 1. The lowest BCUT2D eigenvalue weighted by Gasteiger charge is -2.30. The number of rotatable bonds is 3. The maximum atomic E-state index is 12.9. The van der Waals surface area contributed by atoms with Crippen LogP contribution in [0.25, 0.3) is 0 Å². The summed E-state index contributed by atoms with van der Waals surface area (Å²) in [5.41, 5.74) is 0. The molecule has 1 aromatic heterocycles. The summed E-state index contributed by atoms with van der Waals surface area (Å²) >= 11 is 0. The highest BCUT2D eigenvalue weighted by molar-refractivity contribution is 7.91. The lowest BCUT2D eigenvalue weighted by molar-refractivity contribution is -0.137. The van der Waals surface area contributed by atoms with Crippen LogP contribution in [0.4, 0.5) is 0 Å². The van der Waals surface area contributed by atoms with E-state index in [1.165, 1.54) is 0 Å². The molecule has 0 radical (unpaired) electrons. The fourth-order valence-corrected chi connectivity index (χ4v) is 5.39. The fourth-order valence-electron chi connectivity index (χ4n) is 3.66. The largest absolute Gasteiger partial charge is 0.464 e. The van der Waals surface area contributed by atoms with Gasteiger partial charge in [-0.25, -0.2) is 8.42 Å². The molecule has 0 saturated carbocycles. The number of furan rings is 1. The highest BCUT2D eigenvalue weighted by atomic mass is 32.2. The normalized spacial score (nSPS) is 27.8. The minimum Gasteiger partial charge on any atom is -0.464 e. The van der Waals surface area contributed by atoms with E-state index in [4.69, 9.17) is 4.42 Å². The average molecular weight is 339 g/mol. The highest BCUT2D eigenvalue weighted by Gasteiger charge is 2.38. The Morgan fingerprint density at radius 3 is 2.74 bits per heavy atom. The van der Waals surface area contributed by atoms with Crippen LogP contribution in [0, 0.1) is 5.92 Å². The van der Waals surface area contributed by atoms with Crippen molar-refractivity contribution in [3.63, 3.8) is 0 Å². The fraction of sp³-hybridized carbons (Fsp3) is 0.706. The Labute approximate surface area is 138 Å². The van der Waals surface area contributed by atoms with Crippen molar-refractivity contribution in [2.75, 3.05) is 18.1 Å². The van der Waals surface area contributed by atoms with E-state index in [0.717, 1.165) is 43.6 Å². The van der Waals surface area contributed by atoms with Gasteiger partial charge in [0.25, 0.3) is 0 Å². The van der Waals surface area contributed by atoms with E-state index in [1.54, 1.807) is 0 Å². The van der Waals surface area contributed by atoms with Crippen LogP contribution in [0.5, 0.6) is 0 Å². The summed E-state index contributed by atoms with van der Waals surface area (Å²) in [5.74, 6) is 1.54. The predicted molar refractivity (Wildman–Crippen MR) is 87.8 cm³/mol. The molecule has 128 valence electrons. The molecule has 5 nitrogen and oxygen atoms in total. The van der Waals surface area contributed by atoms with Gasteiger partial charge in [0, 0.05) is 13.0 Å². The summed E-state index contributed by atoms with van der Waals surface area (Å²) in [6.07, 6.45) is 5.33. The molecule has 1 aromatic rings. The monoisotopic (exact) mass is 339 g/mol. The Bertz CT molecular complexity index is 664. The van der Waals surface area contributed by atoms with Crippen LogP contribution in [0.3, 0.4) is 0 Å². The molecule has 23 heavy (non-hydrogen) atoms. The third kappa shape index (κ3) is 3.62. The van der Waals surface area contributed by atoms with Crippen LogP contribution >= 0.6 is 0 Å². The number of hydrogen-bond donors (Lipinski definition) is 0. The molecule has 0 bridgehead atoms. The van der Waals surface area contributed by atoms with Crippen LogP contribution in [-0.4, -0.2) is 37.3 Å². The highest BCUT2D eigenvalue weighted by Crippen LogP contribution is 2.34. The Morgan fingerprint density at radius 2 is 2.09 bits per heavy atom. The number of sulfone groups is 1. The predicted octanol–water partition coefficient (Wildman–Crippen LogP) is 2.72. The molecule has 2 fully saturated rings. The third-order valence-electron chi connectivity index (χ3n) is 4.98. The van der Waals surface area contributed by atoms with Crippen LogP contribution in [0.15, 0.2) is 16.5 Å². The Morgan fingerprint density at radius 1 is 1.26 bits per heavy atom. The van der Waals surface area contributed by atoms with E-state index < -0.39 is 9.84 Å². The maximum absolute atomic E-state index is 12.9. The molecule has 3 heterocycles. The Kier molecular flexibility index (Phi) is 4.80. The molecule has 2 aliphatic heterocycles. The van der Waals surface area contributed by atoms with Crippen LogP contribution in [0.2, 0.25) is 0 Å². The van der Waals surface area contributed by atoms with Crippen LogP contribution < -0.4 is 0 Å². The molecule has 0 N–H and O–H groups in total. The van der Waals surface area contributed by atoms with Crippen molar-refractivity contribution in [1.82, 2.24) is 4.90 Å². The molecule has 2 unspecified atom stereocenters. The van der Waals surface area contributed by atoms with Crippen molar-refractivity contribution in [1.29, 1.82) is 0 Å². The van der Waals surface area contributed by atoms with Gasteiger partial charge in [-0.1, -0.05) is 19.8 Å². The molecule has 2 saturated heterocycles. The van der Waals surface area contributed by atoms with Crippen molar-refractivity contribution in [3.05, 3.63) is 23.7 Å². The molecule has 2 aliphatic rings. The maximum Gasteiger partial charge on any atom is 0.227 e. The zero-order valence-electron chi connectivity index (χ0n) is 13.7. The van der Waals surface area contributed by atoms with Crippen molar-refractivity contribution >= 4 is 15.7 Å². The molecule has 0 aromatic carbocycles. The number of aryl methyl sites for hydroxylation is 1. The van der Waals surface area contributed by atoms with Crippen molar-refractivity contribution < 1.29 is 17.6 Å². The first-order valence-corrected chi connectivity index (χ1v) is 10.4. The van der Waals surface area contributed by atoms with Crippen molar-refractivity contribution in [2.24, 2.45) is 5.92 Å². The quantitative estimate of drug-likeness (QED) is 0.849. The smallest absolute Gasteiger partial charge is 0.227 e. The molecule has 0 spiro atoms. The number of carbonyl (C=O) groups is 1. The van der Waals surface area contributed by atoms with Gasteiger partial charge in [-0.3, -0.25) is 4.79 Å². The third-order valence-corrected chi connectivity index (χ3v) is 6.74. The lowest BCUT2D eigenvalue weighted by Crippen LogP contribution is -2.39. The Hall–Kier alpha value is -1.30. The molecule has 0 aliphatic carbocycles. The summed E-state index contributed by atoms with van der Waals surface area (Å²) in [6.45, 7) is 2.74. The van der Waals surface area contributed by atoms with Crippen LogP contribution in [-0.2, 0) is 21.1 Å². The molecular formula is C17H25NO4S. The first-order chi connectivity index (χ1) is 11.0.